The van der Waals surface area contributed by atoms with E-state index in [0.717, 1.165) is 50.4 Å². The molecule has 0 unspecified atom stereocenters. The minimum absolute atomic E-state index is 0.0289. The molecule has 1 N–H and O–H groups in total. The van der Waals surface area contributed by atoms with Gasteiger partial charge in [0.05, 0.1) is 6.54 Å². The van der Waals surface area contributed by atoms with Crippen LogP contribution in [0.25, 0.3) is 0 Å². The molecule has 0 bridgehead atoms. The van der Waals surface area contributed by atoms with Crippen LogP contribution in [0.1, 0.15) is 68.3 Å². The Bertz CT molecular complexity index is 760. The number of amides is 1. The molecule has 1 atom stereocenters. The molecule has 146 valence electrons. The van der Waals surface area contributed by atoms with Crippen molar-refractivity contribution < 1.29 is 9.32 Å². The molecule has 1 saturated heterocycles. The van der Waals surface area contributed by atoms with Crippen LogP contribution in [0.15, 0.2) is 16.8 Å². The van der Waals surface area contributed by atoms with Crippen molar-refractivity contribution >= 4 is 5.91 Å². The molecule has 1 saturated carbocycles. The minimum atomic E-state index is 0.0289. The molecule has 0 radical (unpaired) electrons. The molecular formula is C19H28N6O2. The fourth-order valence-electron chi connectivity index (χ4n) is 3.85. The van der Waals surface area contributed by atoms with Crippen molar-refractivity contribution in [2.24, 2.45) is 0 Å². The van der Waals surface area contributed by atoms with Crippen LogP contribution in [0.5, 0.6) is 0 Å². The standard InChI is InChI=1S/C19H28N6O2/c1-2-24(12-17-22-19(27-23-17)14-5-3-6-14)18(26)13-25-16(8-10-21-25)15-7-4-9-20-11-15/h8,10,14-15,20H,2-7,9,11-13H2,1H3/t15-/m0/s1. The van der Waals surface area contributed by atoms with Gasteiger partial charge in [-0.15, -0.1) is 0 Å². The molecule has 27 heavy (non-hydrogen) atoms. The van der Waals surface area contributed by atoms with E-state index in [4.69, 9.17) is 4.52 Å². The zero-order chi connectivity index (χ0) is 18.6. The highest BCUT2D eigenvalue weighted by molar-refractivity contribution is 5.75. The van der Waals surface area contributed by atoms with Crippen LogP contribution >= 0.6 is 0 Å². The Morgan fingerprint density at radius 2 is 2.19 bits per heavy atom. The summed E-state index contributed by atoms with van der Waals surface area (Å²) in [5, 5.41) is 11.9. The number of piperidine rings is 1. The lowest BCUT2D eigenvalue weighted by molar-refractivity contribution is -0.132. The average molecular weight is 372 g/mol. The van der Waals surface area contributed by atoms with E-state index in [-0.39, 0.29) is 12.5 Å². The van der Waals surface area contributed by atoms with E-state index in [2.05, 4.69) is 20.6 Å². The number of nitrogens with one attached hydrogen (secondary N) is 1. The van der Waals surface area contributed by atoms with Gasteiger partial charge in [-0.05, 0) is 45.2 Å². The zero-order valence-corrected chi connectivity index (χ0v) is 15.9. The van der Waals surface area contributed by atoms with Crippen LogP contribution in [-0.4, -0.2) is 50.4 Å². The molecule has 8 heteroatoms. The van der Waals surface area contributed by atoms with E-state index >= 15 is 0 Å². The molecule has 0 spiro atoms. The fraction of sp³-hybridized carbons (Fsp3) is 0.684. The Labute approximate surface area is 159 Å². The van der Waals surface area contributed by atoms with E-state index in [0.29, 0.717) is 30.7 Å². The molecule has 1 aliphatic heterocycles. The summed E-state index contributed by atoms with van der Waals surface area (Å²) in [4.78, 5) is 19.1. The first-order valence-corrected chi connectivity index (χ1v) is 10.1. The second kappa shape index (κ2) is 8.21. The van der Waals surface area contributed by atoms with Crippen LogP contribution in [-0.2, 0) is 17.9 Å². The molecule has 1 amide bonds. The summed E-state index contributed by atoms with van der Waals surface area (Å²) in [6.45, 7) is 5.23. The summed E-state index contributed by atoms with van der Waals surface area (Å²) in [5.74, 6) is 2.17. The SMILES string of the molecule is CCN(Cc1noc(C2CCC2)n1)C(=O)Cn1nccc1[C@H]1CCCNC1. The topological polar surface area (TPSA) is 89.1 Å². The Hall–Kier alpha value is -2.22. The quantitative estimate of drug-likeness (QED) is 0.800. The largest absolute Gasteiger partial charge is 0.339 e. The third kappa shape index (κ3) is 4.05. The van der Waals surface area contributed by atoms with Crippen molar-refractivity contribution in [1.29, 1.82) is 0 Å². The van der Waals surface area contributed by atoms with Crippen molar-refractivity contribution in [2.75, 3.05) is 19.6 Å². The Morgan fingerprint density at radius 3 is 2.89 bits per heavy atom. The lowest BCUT2D eigenvalue weighted by Gasteiger charge is -2.24. The number of nitrogens with zero attached hydrogens (tertiary/aromatic N) is 5. The summed E-state index contributed by atoms with van der Waals surface area (Å²) >= 11 is 0. The molecule has 8 nitrogen and oxygen atoms in total. The van der Waals surface area contributed by atoms with Gasteiger partial charge in [-0.25, -0.2) is 0 Å². The van der Waals surface area contributed by atoms with E-state index in [1.165, 1.54) is 6.42 Å². The van der Waals surface area contributed by atoms with Gasteiger partial charge in [0, 0.05) is 36.8 Å². The second-order valence-corrected chi connectivity index (χ2v) is 7.54. The van der Waals surface area contributed by atoms with E-state index in [9.17, 15) is 4.79 Å². The van der Waals surface area contributed by atoms with Crippen molar-refractivity contribution in [3.8, 4) is 0 Å². The van der Waals surface area contributed by atoms with E-state index in [1.807, 2.05) is 17.7 Å². The Kier molecular flexibility index (Phi) is 5.52. The maximum atomic E-state index is 12.9. The second-order valence-electron chi connectivity index (χ2n) is 7.54. The molecule has 2 aromatic heterocycles. The van der Waals surface area contributed by atoms with Crippen LogP contribution in [0.3, 0.4) is 0 Å². The Morgan fingerprint density at radius 1 is 1.33 bits per heavy atom. The highest BCUT2D eigenvalue weighted by Gasteiger charge is 2.26. The maximum Gasteiger partial charge on any atom is 0.244 e. The number of carbonyl (C=O) groups excluding carboxylic acids is 1. The average Bonchev–Trinajstić information content (AvgIpc) is 3.28. The van der Waals surface area contributed by atoms with Crippen LogP contribution in [0.4, 0.5) is 0 Å². The molecule has 2 aliphatic rings. The molecule has 0 aromatic carbocycles. The summed E-state index contributed by atoms with van der Waals surface area (Å²) in [7, 11) is 0. The van der Waals surface area contributed by atoms with Gasteiger partial charge in [0.2, 0.25) is 11.8 Å². The third-order valence-electron chi connectivity index (χ3n) is 5.75. The normalized spacial score (nSPS) is 20.4. The number of carbonyl (C=O) groups is 1. The van der Waals surface area contributed by atoms with Crippen LogP contribution in [0, 0.1) is 0 Å². The van der Waals surface area contributed by atoms with Gasteiger partial charge in [0.15, 0.2) is 5.82 Å². The molecule has 4 rings (SSSR count). The first-order chi connectivity index (χ1) is 13.2. The summed E-state index contributed by atoms with van der Waals surface area (Å²) in [5.41, 5.74) is 1.14. The third-order valence-corrected chi connectivity index (χ3v) is 5.75. The lowest BCUT2D eigenvalue weighted by atomic mass is 9.85. The predicted octanol–water partition coefficient (Wildman–Crippen LogP) is 2.05. The molecule has 2 fully saturated rings. The van der Waals surface area contributed by atoms with Crippen LogP contribution in [0.2, 0.25) is 0 Å². The van der Waals surface area contributed by atoms with E-state index < -0.39 is 0 Å². The first-order valence-electron chi connectivity index (χ1n) is 10.1. The first kappa shape index (κ1) is 18.2. The number of aromatic nitrogens is 4. The molecule has 1 aliphatic carbocycles. The van der Waals surface area contributed by atoms with Crippen molar-refractivity contribution in [3.05, 3.63) is 29.7 Å². The number of rotatable bonds is 7. The summed E-state index contributed by atoms with van der Waals surface area (Å²) in [6.07, 6.45) is 7.55. The lowest BCUT2D eigenvalue weighted by Crippen LogP contribution is -2.35. The van der Waals surface area contributed by atoms with Crippen molar-refractivity contribution in [3.63, 3.8) is 0 Å². The number of hydrogen-bond donors (Lipinski definition) is 1. The molecular weight excluding hydrogens is 344 g/mol. The van der Waals surface area contributed by atoms with Gasteiger partial charge < -0.3 is 14.7 Å². The fourth-order valence-corrected chi connectivity index (χ4v) is 3.85. The van der Waals surface area contributed by atoms with Crippen molar-refractivity contribution in [1.82, 2.24) is 30.1 Å². The van der Waals surface area contributed by atoms with Crippen LogP contribution < -0.4 is 5.32 Å². The van der Waals surface area contributed by atoms with Crippen molar-refractivity contribution in [2.45, 2.75) is 64.0 Å². The summed E-state index contributed by atoms with van der Waals surface area (Å²) < 4.78 is 7.22. The van der Waals surface area contributed by atoms with Gasteiger partial charge >= 0.3 is 0 Å². The zero-order valence-electron chi connectivity index (χ0n) is 15.9. The monoisotopic (exact) mass is 372 g/mol. The molecule has 2 aromatic rings. The van der Waals surface area contributed by atoms with Gasteiger partial charge in [0.25, 0.3) is 0 Å². The van der Waals surface area contributed by atoms with Gasteiger partial charge in [-0.2, -0.15) is 10.1 Å². The minimum Gasteiger partial charge on any atom is -0.339 e. The van der Waals surface area contributed by atoms with E-state index in [1.54, 1.807) is 11.1 Å². The Balaban J connectivity index is 1.39. The predicted molar refractivity (Wildman–Crippen MR) is 99.1 cm³/mol. The summed E-state index contributed by atoms with van der Waals surface area (Å²) in [6, 6.07) is 2.03. The highest BCUT2D eigenvalue weighted by atomic mass is 16.5. The number of hydrogen-bond acceptors (Lipinski definition) is 6. The highest BCUT2D eigenvalue weighted by Crippen LogP contribution is 2.35. The number of likely N-dealkylation sites (N-methyl/N-ethyl adjacent to an activating group) is 1. The smallest absolute Gasteiger partial charge is 0.244 e. The van der Waals surface area contributed by atoms with Gasteiger partial charge in [-0.1, -0.05) is 11.6 Å². The van der Waals surface area contributed by atoms with Gasteiger partial charge in [-0.3, -0.25) is 9.48 Å². The maximum absolute atomic E-state index is 12.9. The molecule has 3 heterocycles. The van der Waals surface area contributed by atoms with Gasteiger partial charge in [0.1, 0.15) is 6.54 Å².